The van der Waals surface area contributed by atoms with Crippen LogP contribution in [-0.4, -0.2) is 53.8 Å². The standard InChI is InChI=1S/C25H39N3O6/c1-6-7-8-19(24(31)28(13-16(2)3)14-17(4)5)26-25(32)27-20(12-23(29)30)18-9-10-21-22(11-18)34-15-33-21/h9-11,16-17,19-20H,6-8,12-15H2,1-5H3,(H,29,30)(H2,26,27,32)/t19-,20-/m0/s1. The maximum Gasteiger partial charge on any atom is 0.315 e. The van der Waals surface area contributed by atoms with E-state index in [1.807, 2.05) is 11.8 Å². The Balaban J connectivity index is 2.16. The van der Waals surface area contributed by atoms with Gasteiger partial charge in [0.05, 0.1) is 12.5 Å². The zero-order chi connectivity index (χ0) is 25.3. The Kier molecular flexibility index (Phi) is 10.5. The van der Waals surface area contributed by atoms with Crippen LogP contribution >= 0.6 is 0 Å². The summed E-state index contributed by atoms with van der Waals surface area (Å²) < 4.78 is 10.7. The number of hydrogen-bond donors (Lipinski definition) is 3. The Hall–Kier alpha value is -2.97. The number of carbonyl (C=O) groups excluding carboxylic acids is 2. The van der Waals surface area contributed by atoms with E-state index >= 15 is 0 Å². The van der Waals surface area contributed by atoms with Gasteiger partial charge in [0.15, 0.2) is 11.5 Å². The average molecular weight is 478 g/mol. The number of nitrogens with one attached hydrogen (secondary N) is 2. The summed E-state index contributed by atoms with van der Waals surface area (Å²) in [5.74, 6) is 0.515. The second-order valence-corrected chi connectivity index (χ2v) is 9.61. The fourth-order valence-electron chi connectivity index (χ4n) is 3.94. The molecule has 0 bridgehead atoms. The molecule has 0 unspecified atom stereocenters. The first-order chi connectivity index (χ1) is 16.1. The molecule has 2 atom stereocenters. The van der Waals surface area contributed by atoms with E-state index in [0.717, 1.165) is 12.8 Å². The number of rotatable bonds is 13. The van der Waals surface area contributed by atoms with Gasteiger partial charge in [0.2, 0.25) is 12.7 Å². The van der Waals surface area contributed by atoms with Crippen molar-refractivity contribution in [3.05, 3.63) is 23.8 Å². The van der Waals surface area contributed by atoms with Crippen molar-refractivity contribution in [2.75, 3.05) is 19.9 Å². The number of aliphatic carboxylic acids is 1. The molecule has 0 fully saturated rings. The lowest BCUT2D eigenvalue weighted by Crippen LogP contribution is -2.53. The van der Waals surface area contributed by atoms with Crippen LogP contribution in [0.4, 0.5) is 4.79 Å². The van der Waals surface area contributed by atoms with Crippen LogP contribution in [0.3, 0.4) is 0 Å². The molecule has 1 aliphatic heterocycles. The van der Waals surface area contributed by atoms with Crippen molar-refractivity contribution in [3.63, 3.8) is 0 Å². The predicted molar refractivity (Wildman–Crippen MR) is 129 cm³/mol. The van der Waals surface area contributed by atoms with E-state index in [0.29, 0.717) is 48.4 Å². The normalized spacial score (nSPS) is 14.1. The van der Waals surface area contributed by atoms with Gasteiger partial charge < -0.3 is 30.1 Å². The van der Waals surface area contributed by atoms with Crippen LogP contribution in [0.5, 0.6) is 11.5 Å². The maximum absolute atomic E-state index is 13.4. The van der Waals surface area contributed by atoms with Crippen molar-refractivity contribution in [1.29, 1.82) is 0 Å². The number of benzene rings is 1. The number of carbonyl (C=O) groups is 3. The second kappa shape index (κ2) is 13.1. The van der Waals surface area contributed by atoms with Crippen LogP contribution in [0.15, 0.2) is 18.2 Å². The molecule has 9 nitrogen and oxygen atoms in total. The van der Waals surface area contributed by atoms with Crippen LogP contribution in [-0.2, 0) is 9.59 Å². The van der Waals surface area contributed by atoms with Gasteiger partial charge in [0.25, 0.3) is 0 Å². The van der Waals surface area contributed by atoms with Crippen molar-refractivity contribution in [2.24, 2.45) is 11.8 Å². The first-order valence-electron chi connectivity index (χ1n) is 12.1. The highest BCUT2D eigenvalue weighted by molar-refractivity contribution is 5.87. The Morgan fingerprint density at radius 3 is 2.26 bits per heavy atom. The van der Waals surface area contributed by atoms with E-state index in [4.69, 9.17) is 9.47 Å². The van der Waals surface area contributed by atoms with Gasteiger partial charge in [-0.1, -0.05) is 53.5 Å². The minimum absolute atomic E-state index is 0.0980. The van der Waals surface area contributed by atoms with Gasteiger partial charge in [-0.25, -0.2) is 4.79 Å². The summed E-state index contributed by atoms with van der Waals surface area (Å²) in [7, 11) is 0. The number of amides is 3. The van der Waals surface area contributed by atoms with Crippen molar-refractivity contribution in [3.8, 4) is 11.5 Å². The lowest BCUT2D eigenvalue weighted by molar-refractivity contribution is -0.137. The maximum atomic E-state index is 13.4. The minimum Gasteiger partial charge on any atom is -0.481 e. The van der Waals surface area contributed by atoms with Crippen LogP contribution < -0.4 is 20.1 Å². The molecule has 3 N–H and O–H groups in total. The minimum atomic E-state index is -1.05. The van der Waals surface area contributed by atoms with Crippen molar-refractivity contribution in [1.82, 2.24) is 15.5 Å². The number of carboxylic acid groups (broad SMARTS) is 1. The fraction of sp³-hybridized carbons (Fsp3) is 0.640. The third-order valence-electron chi connectivity index (χ3n) is 5.42. The molecular formula is C25H39N3O6. The van der Waals surface area contributed by atoms with Gasteiger partial charge in [-0.2, -0.15) is 0 Å². The molecule has 2 rings (SSSR count). The van der Waals surface area contributed by atoms with Crippen LogP contribution in [0, 0.1) is 11.8 Å². The average Bonchev–Trinajstić information content (AvgIpc) is 3.22. The predicted octanol–water partition coefficient (Wildman–Crippen LogP) is 3.93. The van der Waals surface area contributed by atoms with E-state index in [9.17, 15) is 19.5 Å². The highest BCUT2D eigenvalue weighted by atomic mass is 16.7. The van der Waals surface area contributed by atoms with E-state index in [2.05, 4.69) is 38.3 Å². The first-order valence-corrected chi connectivity index (χ1v) is 12.1. The van der Waals surface area contributed by atoms with E-state index in [1.165, 1.54) is 0 Å². The Bertz CT molecular complexity index is 832. The Morgan fingerprint density at radius 1 is 1.03 bits per heavy atom. The number of urea groups is 1. The number of fused-ring (bicyclic) bond motifs is 1. The van der Waals surface area contributed by atoms with Crippen molar-refractivity contribution >= 4 is 17.9 Å². The highest BCUT2D eigenvalue weighted by Crippen LogP contribution is 2.34. The molecule has 1 heterocycles. The molecular weight excluding hydrogens is 438 g/mol. The number of hydrogen-bond acceptors (Lipinski definition) is 5. The van der Waals surface area contributed by atoms with E-state index in [-0.39, 0.29) is 19.1 Å². The smallest absolute Gasteiger partial charge is 0.315 e. The zero-order valence-electron chi connectivity index (χ0n) is 20.9. The Morgan fingerprint density at radius 2 is 1.68 bits per heavy atom. The third kappa shape index (κ3) is 8.43. The second-order valence-electron chi connectivity index (χ2n) is 9.61. The lowest BCUT2D eigenvalue weighted by atomic mass is 10.0. The molecule has 0 saturated heterocycles. The molecule has 0 spiro atoms. The van der Waals surface area contributed by atoms with Gasteiger partial charge in [-0.15, -0.1) is 0 Å². The zero-order valence-corrected chi connectivity index (χ0v) is 20.9. The molecule has 0 saturated carbocycles. The fourth-order valence-corrected chi connectivity index (χ4v) is 3.94. The summed E-state index contributed by atoms with van der Waals surface area (Å²) in [6, 6.07) is 3.01. The van der Waals surface area contributed by atoms with Crippen LogP contribution in [0.2, 0.25) is 0 Å². The number of ether oxygens (including phenoxy) is 2. The largest absolute Gasteiger partial charge is 0.481 e. The topological polar surface area (TPSA) is 117 Å². The van der Waals surface area contributed by atoms with Crippen molar-refractivity contribution in [2.45, 2.75) is 72.4 Å². The number of unbranched alkanes of at least 4 members (excludes halogenated alkanes) is 1. The molecule has 1 aromatic rings. The van der Waals surface area contributed by atoms with Crippen LogP contribution in [0.1, 0.15) is 71.9 Å². The Labute approximate surface area is 202 Å². The molecule has 0 aliphatic carbocycles. The summed E-state index contributed by atoms with van der Waals surface area (Å²) in [4.78, 5) is 39.6. The summed E-state index contributed by atoms with van der Waals surface area (Å²) in [5, 5.41) is 14.9. The molecule has 0 aromatic heterocycles. The van der Waals surface area contributed by atoms with Gasteiger partial charge in [-0.05, 0) is 36.0 Å². The van der Waals surface area contributed by atoms with Crippen LogP contribution in [0.25, 0.3) is 0 Å². The van der Waals surface area contributed by atoms with E-state index < -0.39 is 24.1 Å². The van der Waals surface area contributed by atoms with Gasteiger partial charge in [-0.3, -0.25) is 9.59 Å². The van der Waals surface area contributed by atoms with Gasteiger partial charge >= 0.3 is 12.0 Å². The van der Waals surface area contributed by atoms with E-state index in [1.54, 1.807) is 18.2 Å². The van der Waals surface area contributed by atoms with Crippen molar-refractivity contribution < 1.29 is 29.0 Å². The summed E-state index contributed by atoms with van der Waals surface area (Å²) in [6.07, 6.45) is 1.88. The highest BCUT2D eigenvalue weighted by Gasteiger charge is 2.28. The first kappa shape index (κ1) is 27.3. The monoisotopic (exact) mass is 477 g/mol. The summed E-state index contributed by atoms with van der Waals surface area (Å²) >= 11 is 0. The molecule has 0 radical (unpaired) electrons. The number of carboxylic acids is 1. The van der Waals surface area contributed by atoms with Gasteiger partial charge in [0, 0.05) is 13.1 Å². The molecule has 34 heavy (non-hydrogen) atoms. The van der Waals surface area contributed by atoms with Gasteiger partial charge in [0.1, 0.15) is 6.04 Å². The summed E-state index contributed by atoms with van der Waals surface area (Å²) in [5.41, 5.74) is 0.583. The molecule has 3 amide bonds. The lowest BCUT2D eigenvalue weighted by Gasteiger charge is -2.31. The quantitative estimate of drug-likeness (QED) is 0.396. The third-order valence-corrected chi connectivity index (χ3v) is 5.42. The molecule has 9 heteroatoms. The molecule has 190 valence electrons. The number of nitrogens with zero attached hydrogens (tertiary/aromatic N) is 1. The molecule has 1 aliphatic rings. The SMILES string of the molecule is CCCC[C@H](NC(=O)N[C@@H](CC(=O)O)c1ccc2c(c1)OCO2)C(=O)N(CC(C)C)CC(C)C. The summed E-state index contributed by atoms with van der Waals surface area (Å²) in [6.45, 7) is 11.6. The molecule has 1 aromatic carbocycles.